The third kappa shape index (κ3) is 4.75. The molecule has 4 unspecified atom stereocenters. The molecule has 0 aromatic carbocycles. The van der Waals surface area contributed by atoms with Gasteiger partial charge in [-0.2, -0.15) is 4.98 Å². The predicted octanol–water partition coefficient (Wildman–Crippen LogP) is -1.07. The maximum absolute atomic E-state index is 12.4. The fraction of sp³-hybridized carbons (Fsp3) is 0.500. The van der Waals surface area contributed by atoms with E-state index in [2.05, 4.69) is 19.5 Å². The zero-order chi connectivity index (χ0) is 22.5. The van der Waals surface area contributed by atoms with Gasteiger partial charge in [0.05, 0.1) is 12.2 Å². The van der Waals surface area contributed by atoms with E-state index in [9.17, 15) is 38.5 Å². The maximum Gasteiger partial charge on any atom is 0.486 e. The van der Waals surface area contributed by atoms with Gasteiger partial charge in [0, 0.05) is 6.20 Å². The van der Waals surface area contributed by atoms with Crippen LogP contribution >= 0.6 is 23.0 Å². The quantitative estimate of drug-likeness (QED) is 0.251. The molecule has 7 atom stereocenters. The van der Waals surface area contributed by atoms with Crippen LogP contribution in [-0.2, 0) is 31.6 Å². The van der Waals surface area contributed by atoms with Crippen molar-refractivity contribution in [2.75, 3.05) is 18.2 Å². The summed E-state index contributed by atoms with van der Waals surface area (Å²) in [7, 11) is -14.5. The number of aromatic nitrogens is 2. The van der Waals surface area contributed by atoms with Gasteiger partial charge in [0.15, 0.2) is 12.1 Å². The van der Waals surface area contributed by atoms with Gasteiger partial charge in [-0.05, 0) is 0 Å². The number of hydrogen-bond acceptors (Lipinski definition) is 12. The molecule has 2 aliphatic rings. The molecule has 3 heterocycles. The Morgan fingerprint density at radius 3 is 2.57 bits per heavy atom. The standard InChI is InChI=1S/C12H16N3O12P3/c1-2-6-3-15(12(18)14-10(6)13)11-9(17)8(16)7(25-11)4-24-29(21)5-28(19,20)26-30(22,23)27-29/h1,3,7-9,11,16-17H,4-5H2,(H,19,20)(H,22,23)(H2,13,14,18)/t7-,8?,9+,11-,29?/m1/s1. The molecule has 18 heteroatoms. The van der Waals surface area contributed by atoms with Gasteiger partial charge in [0.1, 0.15) is 24.1 Å². The van der Waals surface area contributed by atoms with E-state index in [0.717, 1.165) is 10.8 Å². The van der Waals surface area contributed by atoms with Crippen LogP contribution in [0.5, 0.6) is 0 Å². The van der Waals surface area contributed by atoms with Gasteiger partial charge in [-0.1, -0.05) is 5.92 Å². The number of aliphatic hydroxyl groups excluding tert-OH is 2. The van der Waals surface area contributed by atoms with Crippen molar-refractivity contribution in [1.29, 1.82) is 0 Å². The Hall–Kier alpha value is -1.39. The average Bonchev–Trinajstić information content (AvgIpc) is 2.85. The van der Waals surface area contributed by atoms with Crippen LogP contribution in [0.1, 0.15) is 11.8 Å². The molecule has 30 heavy (non-hydrogen) atoms. The normalized spacial score (nSPS) is 41.4. The number of nitrogens with two attached hydrogens (primary N) is 1. The second-order valence-electron chi connectivity index (χ2n) is 6.24. The molecule has 3 rings (SSSR count). The van der Waals surface area contributed by atoms with Gasteiger partial charge in [-0.15, -0.1) is 6.42 Å². The first-order chi connectivity index (χ1) is 13.8. The summed E-state index contributed by atoms with van der Waals surface area (Å²) in [4.78, 5) is 34.2. The van der Waals surface area contributed by atoms with E-state index < -0.39 is 65.8 Å². The number of phosphoric acid groups is 1. The minimum Gasteiger partial charge on any atom is -0.387 e. The molecule has 0 aliphatic carbocycles. The molecule has 0 radical (unpaired) electrons. The van der Waals surface area contributed by atoms with E-state index in [1.165, 1.54) is 0 Å². The van der Waals surface area contributed by atoms with E-state index in [1.807, 2.05) is 0 Å². The molecule has 1 aromatic heterocycles. The second kappa shape index (κ2) is 7.94. The number of terminal acetylenes is 1. The Morgan fingerprint density at radius 1 is 1.30 bits per heavy atom. The summed E-state index contributed by atoms with van der Waals surface area (Å²) in [5, 5.41) is 20.4. The van der Waals surface area contributed by atoms with Crippen LogP contribution in [0.3, 0.4) is 0 Å². The molecule has 0 saturated carbocycles. The predicted molar refractivity (Wildman–Crippen MR) is 97.0 cm³/mol. The lowest BCUT2D eigenvalue weighted by molar-refractivity contribution is -0.0524. The average molecular weight is 487 g/mol. The van der Waals surface area contributed by atoms with Crippen molar-refractivity contribution in [3.05, 3.63) is 22.2 Å². The molecule has 2 fully saturated rings. The maximum atomic E-state index is 12.4. The number of hydrogen-bond donors (Lipinski definition) is 5. The van der Waals surface area contributed by atoms with Crippen molar-refractivity contribution in [1.82, 2.24) is 9.55 Å². The van der Waals surface area contributed by atoms with Gasteiger partial charge in [0.25, 0.3) is 0 Å². The number of rotatable bonds is 4. The Morgan fingerprint density at radius 2 is 1.97 bits per heavy atom. The Labute approximate surface area is 168 Å². The minimum absolute atomic E-state index is 0.0111. The molecule has 1 aromatic rings. The van der Waals surface area contributed by atoms with Gasteiger partial charge >= 0.3 is 28.7 Å². The topological polar surface area (TPSA) is 230 Å². The van der Waals surface area contributed by atoms with E-state index in [4.69, 9.17) is 21.4 Å². The van der Waals surface area contributed by atoms with Crippen molar-refractivity contribution in [3.63, 3.8) is 0 Å². The zero-order valence-corrected chi connectivity index (χ0v) is 17.4. The smallest absolute Gasteiger partial charge is 0.387 e. The molecule has 166 valence electrons. The largest absolute Gasteiger partial charge is 0.486 e. The summed E-state index contributed by atoms with van der Waals surface area (Å²) < 4.78 is 54.7. The molecule has 2 aliphatic heterocycles. The van der Waals surface area contributed by atoms with Crippen molar-refractivity contribution in [3.8, 4) is 12.3 Å². The lowest BCUT2D eigenvalue weighted by Crippen LogP contribution is -2.36. The number of ether oxygens (including phenoxy) is 1. The summed E-state index contributed by atoms with van der Waals surface area (Å²) in [5.41, 5.74) is 4.56. The van der Waals surface area contributed by atoms with Gasteiger partial charge in [-0.3, -0.25) is 13.7 Å². The summed E-state index contributed by atoms with van der Waals surface area (Å²) in [6, 6.07) is 0. The second-order valence-corrected chi connectivity index (χ2v) is 12.4. The molecule has 15 nitrogen and oxygen atoms in total. The molecule has 0 spiro atoms. The Bertz CT molecular complexity index is 1070. The van der Waals surface area contributed by atoms with Crippen LogP contribution in [0.4, 0.5) is 5.82 Å². The van der Waals surface area contributed by atoms with Crippen LogP contribution in [-0.4, -0.2) is 60.4 Å². The van der Waals surface area contributed by atoms with E-state index in [-0.39, 0.29) is 11.4 Å². The molecule has 2 saturated heterocycles. The highest BCUT2D eigenvalue weighted by atomic mass is 31.3. The van der Waals surface area contributed by atoms with Crippen molar-refractivity contribution in [2.24, 2.45) is 0 Å². The molecule has 0 amide bonds. The number of nitrogen functional groups attached to an aromatic ring is 1. The molecular formula is C12H16N3O12P3. The van der Waals surface area contributed by atoms with Gasteiger partial charge in [-0.25, -0.2) is 18.0 Å². The lowest BCUT2D eigenvalue weighted by atomic mass is 10.1. The molecular weight excluding hydrogens is 471 g/mol. The first-order valence-electron chi connectivity index (χ1n) is 7.94. The molecule has 6 N–H and O–H groups in total. The first kappa shape index (κ1) is 23.3. The monoisotopic (exact) mass is 487 g/mol. The van der Waals surface area contributed by atoms with Crippen LogP contribution in [0.2, 0.25) is 0 Å². The first-order valence-corrected chi connectivity index (χ1v) is 12.9. The highest BCUT2D eigenvalue weighted by Gasteiger charge is 2.53. The zero-order valence-electron chi connectivity index (χ0n) is 14.7. The summed E-state index contributed by atoms with van der Waals surface area (Å²) in [5.74, 6) is 0.712. The minimum atomic E-state index is -5.14. The fourth-order valence-electron chi connectivity index (χ4n) is 2.73. The van der Waals surface area contributed by atoms with E-state index >= 15 is 0 Å². The summed E-state index contributed by atoms with van der Waals surface area (Å²) in [6.45, 7) is -0.814. The number of nitrogens with zero attached hydrogens (tertiary/aromatic N) is 2. The third-order valence-corrected chi connectivity index (χ3v) is 11.0. The fourth-order valence-corrected chi connectivity index (χ4v) is 9.64. The van der Waals surface area contributed by atoms with Gasteiger partial charge < -0.3 is 35.0 Å². The third-order valence-electron chi connectivity index (χ3n) is 3.99. The Kier molecular flexibility index (Phi) is 6.16. The van der Waals surface area contributed by atoms with Crippen LogP contribution in [0.25, 0.3) is 0 Å². The van der Waals surface area contributed by atoms with Crippen molar-refractivity contribution < 1.29 is 51.6 Å². The SMILES string of the molecule is C#Cc1cn([C@@H]2O[C@H](COP3(=O)CP(=O)(O)OP(=O)(O)O3)C(O)[C@@H]2O)c(=O)nc1N. The van der Waals surface area contributed by atoms with Crippen molar-refractivity contribution in [2.45, 2.75) is 24.5 Å². The highest BCUT2D eigenvalue weighted by molar-refractivity contribution is 7.81. The van der Waals surface area contributed by atoms with Crippen molar-refractivity contribution >= 4 is 28.8 Å². The number of anilines is 1. The highest BCUT2D eigenvalue weighted by Crippen LogP contribution is 2.78. The number of aliphatic hydroxyl groups is 2. The van der Waals surface area contributed by atoms with E-state index in [1.54, 1.807) is 0 Å². The summed E-state index contributed by atoms with van der Waals surface area (Å²) in [6.07, 6.45) is 0.00128. The Balaban J connectivity index is 1.78. The molecule has 0 bridgehead atoms. The van der Waals surface area contributed by atoms with Gasteiger partial charge in [0.2, 0.25) is 0 Å². The van der Waals surface area contributed by atoms with E-state index in [0.29, 0.717) is 0 Å². The van der Waals surface area contributed by atoms with Crippen LogP contribution < -0.4 is 11.4 Å². The van der Waals surface area contributed by atoms with Crippen LogP contribution in [0, 0.1) is 12.3 Å². The van der Waals surface area contributed by atoms with Crippen LogP contribution in [0.15, 0.2) is 11.0 Å². The summed E-state index contributed by atoms with van der Waals surface area (Å²) >= 11 is 0. The lowest BCUT2D eigenvalue weighted by Gasteiger charge is -2.28.